The fourth-order valence-electron chi connectivity index (χ4n) is 2.94. The van der Waals surface area contributed by atoms with Gasteiger partial charge in [0, 0.05) is 38.4 Å². The van der Waals surface area contributed by atoms with E-state index in [2.05, 4.69) is 4.98 Å². The van der Waals surface area contributed by atoms with Crippen LogP contribution in [0.5, 0.6) is 0 Å². The maximum Gasteiger partial charge on any atom is 0.416 e. The molecule has 1 aromatic rings. The number of carbonyl (C=O) groups excluding carboxylic acids is 1. The first-order valence-electron chi connectivity index (χ1n) is 8.80. The van der Waals surface area contributed by atoms with Gasteiger partial charge in [0.2, 0.25) is 0 Å². The van der Waals surface area contributed by atoms with Crippen LogP contribution < -0.4 is 0 Å². The van der Waals surface area contributed by atoms with Gasteiger partial charge in [-0.05, 0) is 39.8 Å². The lowest BCUT2D eigenvalue weighted by molar-refractivity contribution is -0.137. The first-order chi connectivity index (χ1) is 12.4. The zero-order chi connectivity index (χ0) is 20.4. The Morgan fingerprint density at radius 2 is 2.04 bits per heavy atom. The number of carbonyl (C=O) groups is 1. The molecule has 0 aliphatic carbocycles. The van der Waals surface area contributed by atoms with Crippen LogP contribution in [-0.4, -0.2) is 63.8 Å². The normalized spacial score (nSPS) is 20.4. The second-order valence-electron chi connectivity index (χ2n) is 7.77. The van der Waals surface area contributed by atoms with Gasteiger partial charge in [0.25, 0.3) is 0 Å². The van der Waals surface area contributed by atoms with Gasteiger partial charge in [-0.3, -0.25) is 9.88 Å². The molecule has 6 nitrogen and oxygen atoms in total. The molecule has 0 bridgehead atoms. The Balaban J connectivity index is 1.95. The van der Waals surface area contributed by atoms with E-state index in [4.69, 9.17) is 4.74 Å². The van der Waals surface area contributed by atoms with E-state index in [1.165, 1.54) is 0 Å². The second kappa shape index (κ2) is 8.02. The molecule has 1 aliphatic heterocycles. The number of alkyl halides is 3. The molecule has 2 atom stereocenters. The molecule has 0 radical (unpaired) electrons. The molecule has 1 aliphatic rings. The Morgan fingerprint density at radius 1 is 1.37 bits per heavy atom. The monoisotopic (exact) mass is 389 g/mol. The minimum atomic E-state index is -4.48. The van der Waals surface area contributed by atoms with Crippen molar-refractivity contribution in [3.05, 3.63) is 29.6 Å². The van der Waals surface area contributed by atoms with Gasteiger partial charge in [-0.25, -0.2) is 4.79 Å². The van der Waals surface area contributed by atoms with Gasteiger partial charge in [-0.2, -0.15) is 13.2 Å². The highest BCUT2D eigenvalue weighted by Crippen LogP contribution is 2.30. The number of aliphatic hydroxyl groups excluding tert-OH is 1. The van der Waals surface area contributed by atoms with Gasteiger partial charge >= 0.3 is 12.3 Å². The van der Waals surface area contributed by atoms with E-state index in [9.17, 15) is 23.1 Å². The van der Waals surface area contributed by atoms with Crippen LogP contribution in [-0.2, 0) is 10.9 Å². The number of piperazine rings is 1. The van der Waals surface area contributed by atoms with Crippen molar-refractivity contribution in [2.75, 3.05) is 26.2 Å². The van der Waals surface area contributed by atoms with Crippen LogP contribution in [0.3, 0.4) is 0 Å². The third-order valence-electron chi connectivity index (χ3n) is 4.22. The summed E-state index contributed by atoms with van der Waals surface area (Å²) in [6.07, 6.45) is -4.97. The molecule has 1 N–H and O–H groups in total. The summed E-state index contributed by atoms with van der Waals surface area (Å²) in [5.74, 6) is 0. The van der Waals surface area contributed by atoms with Crippen molar-refractivity contribution in [3.8, 4) is 0 Å². The van der Waals surface area contributed by atoms with E-state index in [1.807, 2.05) is 11.8 Å². The first-order valence-corrected chi connectivity index (χ1v) is 8.80. The highest BCUT2D eigenvalue weighted by Gasteiger charge is 2.33. The number of rotatable bonds is 3. The summed E-state index contributed by atoms with van der Waals surface area (Å²) < 4.78 is 43.8. The number of pyridine rings is 1. The van der Waals surface area contributed by atoms with E-state index >= 15 is 0 Å². The fraction of sp³-hybridized carbons (Fsp3) is 0.667. The van der Waals surface area contributed by atoms with Crippen molar-refractivity contribution >= 4 is 6.09 Å². The van der Waals surface area contributed by atoms with Crippen LogP contribution in [0.2, 0.25) is 0 Å². The SMILES string of the molecule is C[C@@H]1CN(CC(O)c2cc(C(F)(F)F)ccn2)CCN1C(=O)OC(C)(C)C. The molecule has 9 heteroatoms. The number of hydrogen-bond donors (Lipinski definition) is 1. The zero-order valence-electron chi connectivity index (χ0n) is 16.0. The number of amides is 1. The third-order valence-corrected chi connectivity index (χ3v) is 4.22. The summed E-state index contributed by atoms with van der Waals surface area (Å²) in [6, 6.07) is 1.60. The third kappa shape index (κ3) is 6.07. The van der Waals surface area contributed by atoms with E-state index in [0.29, 0.717) is 19.6 Å². The van der Waals surface area contributed by atoms with Crippen molar-refractivity contribution in [3.63, 3.8) is 0 Å². The van der Waals surface area contributed by atoms with Crippen LogP contribution in [0.25, 0.3) is 0 Å². The molecule has 152 valence electrons. The molecular formula is C18H26F3N3O3. The molecule has 2 rings (SSSR count). The van der Waals surface area contributed by atoms with Crippen LogP contribution >= 0.6 is 0 Å². The number of ether oxygens (including phenoxy) is 1. The molecule has 0 spiro atoms. The van der Waals surface area contributed by atoms with E-state index < -0.39 is 29.5 Å². The van der Waals surface area contributed by atoms with Crippen molar-refractivity contribution in [2.24, 2.45) is 0 Å². The highest BCUT2D eigenvalue weighted by atomic mass is 19.4. The average molecular weight is 389 g/mol. The Morgan fingerprint density at radius 3 is 2.59 bits per heavy atom. The molecule has 2 heterocycles. The first kappa shape index (κ1) is 21.4. The van der Waals surface area contributed by atoms with Crippen molar-refractivity contribution < 1.29 is 27.8 Å². The lowest BCUT2D eigenvalue weighted by Gasteiger charge is -2.40. The van der Waals surface area contributed by atoms with Crippen LogP contribution in [0.4, 0.5) is 18.0 Å². The predicted molar refractivity (Wildman–Crippen MR) is 93.0 cm³/mol. The van der Waals surface area contributed by atoms with Gasteiger partial charge in [0.05, 0.1) is 11.3 Å². The summed E-state index contributed by atoms with van der Waals surface area (Å²) in [5.41, 5.74) is -1.44. The maximum absolute atomic E-state index is 12.8. The summed E-state index contributed by atoms with van der Waals surface area (Å²) in [4.78, 5) is 19.6. The average Bonchev–Trinajstić information content (AvgIpc) is 2.52. The summed E-state index contributed by atoms with van der Waals surface area (Å²) >= 11 is 0. The van der Waals surface area contributed by atoms with E-state index in [-0.39, 0.29) is 18.3 Å². The number of halogens is 3. The number of nitrogens with zero attached hydrogens (tertiary/aromatic N) is 3. The van der Waals surface area contributed by atoms with Crippen molar-refractivity contribution in [1.82, 2.24) is 14.8 Å². The van der Waals surface area contributed by atoms with Gasteiger partial charge in [0.15, 0.2) is 0 Å². The van der Waals surface area contributed by atoms with Crippen LogP contribution in [0.15, 0.2) is 18.3 Å². The largest absolute Gasteiger partial charge is 0.444 e. The maximum atomic E-state index is 12.8. The van der Waals surface area contributed by atoms with Gasteiger partial charge in [-0.1, -0.05) is 0 Å². The molecule has 0 saturated carbocycles. The lowest BCUT2D eigenvalue weighted by Crippen LogP contribution is -2.55. The lowest BCUT2D eigenvalue weighted by atomic mass is 10.1. The van der Waals surface area contributed by atoms with E-state index in [1.54, 1.807) is 25.7 Å². The summed E-state index contributed by atoms with van der Waals surface area (Å²) in [7, 11) is 0. The Labute approximate surface area is 156 Å². The molecule has 1 unspecified atom stereocenters. The number of hydrogen-bond acceptors (Lipinski definition) is 5. The molecule has 1 saturated heterocycles. The zero-order valence-corrected chi connectivity index (χ0v) is 16.0. The second-order valence-corrected chi connectivity index (χ2v) is 7.77. The van der Waals surface area contributed by atoms with Crippen molar-refractivity contribution in [2.45, 2.75) is 51.6 Å². The molecule has 1 aromatic heterocycles. The van der Waals surface area contributed by atoms with Gasteiger partial charge in [0.1, 0.15) is 11.7 Å². The smallest absolute Gasteiger partial charge is 0.416 e. The summed E-state index contributed by atoms with van der Waals surface area (Å²) in [5, 5.41) is 10.3. The van der Waals surface area contributed by atoms with Crippen LogP contribution in [0, 0.1) is 0 Å². The molecule has 1 fully saturated rings. The fourth-order valence-corrected chi connectivity index (χ4v) is 2.94. The van der Waals surface area contributed by atoms with Gasteiger partial charge < -0.3 is 14.7 Å². The Kier molecular flexibility index (Phi) is 6.36. The number of β-amino-alcohol motifs (C(OH)–C–C–N with tert-alkyl or cyclic N) is 1. The van der Waals surface area contributed by atoms with Crippen LogP contribution in [0.1, 0.15) is 45.1 Å². The Hall–Kier alpha value is -1.87. The van der Waals surface area contributed by atoms with E-state index in [0.717, 1.165) is 18.3 Å². The topological polar surface area (TPSA) is 65.9 Å². The molecule has 27 heavy (non-hydrogen) atoms. The number of aliphatic hydroxyl groups is 1. The standard InChI is InChI=1S/C18H26F3N3O3/c1-12-10-23(7-8-24(12)16(26)27-17(2,3)4)11-15(25)14-9-13(5-6-22-14)18(19,20)21/h5-6,9,12,15,25H,7-8,10-11H2,1-4H3/t12-,15?/m1/s1. The molecule has 1 amide bonds. The van der Waals surface area contributed by atoms with Crippen molar-refractivity contribution in [1.29, 1.82) is 0 Å². The molecular weight excluding hydrogens is 363 g/mol. The Bertz CT molecular complexity index is 661. The summed E-state index contributed by atoms with van der Waals surface area (Å²) in [6.45, 7) is 8.78. The quantitative estimate of drug-likeness (QED) is 0.861. The number of aromatic nitrogens is 1. The predicted octanol–water partition coefficient (Wildman–Crippen LogP) is 3.08. The van der Waals surface area contributed by atoms with Gasteiger partial charge in [-0.15, -0.1) is 0 Å². The minimum absolute atomic E-state index is 0.0213. The molecule has 0 aromatic carbocycles. The highest BCUT2D eigenvalue weighted by molar-refractivity contribution is 5.68. The minimum Gasteiger partial charge on any atom is -0.444 e.